The van der Waals surface area contributed by atoms with E-state index in [1.807, 2.05) is 54.6 Å². The minimum Gasteiger partial charge on any atom is -0.550 e. The molecule has 0 radical (unpaired) electrons. The smallest absolute Gasteiger partial charge is 0.102 e. The van der Waals surface area contributed by atoms with Crippen LogP contribution in [0, 0.1) is 0 Å². The summed E-state index contributed by atoms with van der Waals surface area (Å²) in [5.41, 5.74) is 2.98. The van der Waals surface area contributed by atoms with Gasteiger partial charge in [-0.3, -0.25) is 0 Å². The number of hydrogen-bond donors (Lipinski definition) is 1. The molecule has 1 N–H and O–H groups in total. The van der Waals surface area contributed by atoms with E-state index in [4.69, 9.17) is 5.11 Å². The maximum atomic E-state index is 10.4. The predicted molar refractivity (Wildman–Crippen MR) is 120 cm³/mol. The normalized spacial score (nSPS) is 10.4. The Morgan fingerprint density at radius 2 is 1.37 bits per heavy atom. The number of halogens is 1. The zero-order valence-electron chi connectivity index (χ0n) is 16.6. The number of quaternary nitrogens is 1. The van der Waals surface area contributed by atoms with Gasteiger partial charge < -0.3 is 19.5 Å². The molecule has 0 saturated carbocycles. The quantitative estimate of drug-likeness (QED) is 0.462. The predicted octanol–water partition coefficient (Wildman–Crippen LogP) is 3.12. The first kappa shape index (κ1) is 25.6. The van der Waals surface area contributed by atoms with Crippen molar-refractivity contribution >= 4 is 29.9 Å². The molecule has 0 spiro atoms. The molecule has 0 amide bonds. The van der Waals surface area contributed by atoms with Crippen LogP contribution < -0.4 is 5.11 Å². The SMILES string of the molecule is CC[N+](CC)(CC)CCO.I.O=C([O-])Cc1ccc(-c2ccccc2)cc1. The summed E-state index contributed by atoms with van der Waals surface area (Å²) in [7, 11) is 0. The highest BCUT2D eigenvalue weighted by molar-refractivity contribution is 14.0. The van der Waals surface area contributed by atoms with Gasteiger partial charge in [0, 0.05) is 12.4 Å². The number of hydrogen-bond acceptors (Lipinski definition) is 3. The van der Waals surface area contributed by atoms with Gasteiger partial charge in [-0.25, -0.2) is 0 Å². The Balaban J connectivity index is 0.000000539. The van der Waals surface area contributed by atoms with Crippen LogP contribution in [0.2, 0.25) is 0 Å². The van der Waals surface area contributed by atoms with Crippen LogP contribution >= 0.6 is 24.0 Å². The molecule has 0 bridgehead atoms. The van der Waals surface area contributed by atoms with Crippen molar-refractivity contribution in [1.82, 2.24) is 0 Å². The number of carbonyl (C=O) groups is 1. The summed E-state index contributed by atoms with van der Waals surface area (Å²) in [6.45, 7) is 11.2. The average molecular weight is 485 g/mol. The monoisotopic (exact) mass is 485 g/mol. The first-order valence-corrected chi connectivity index (χ1v) is 9.30. The number of aliphatic hydroxyl groups excluding tert-OH is 1. The number of carbonyl (C=O) groups excluding carboxylic acids is 1. The second kappa shape index (κ2) is 13.7. The van der Waals surface area contributed by atoms with E-state index in [-0.39, 0.29) is 30.4 Å². The molecule has 2 aromatic rings. The van der Waals surface area contributed by atoms with Crippen molar-refractivity contribution in [3.63, 3.8) is 0 Å². The molecule has 2 rings (SSSR count). The van der Waals surface area contributed by atoms with Gasteiger partial charge in [0.2, 0.25) is 0 Å². The van der Waals surface area contributed by atoms with Crippen molar-refractivity contribution in [3.05, 3.63) is 60.2 Å². The third-order valence-electron chi connectivity index (χ3n) is 5.00. The van der Waals surface area contributed by atoms with Crippen molar-refractivity contribution in [2.75, 3.05) is 32.8 Å². The molecular weight excluding hydrogens is 453 g/mol. The van der Waals surface area contributed by atoms with E-state index >= 15 is 0 Å². The van der Waals surface area contributed by atoms with Crippen LogP contribution in [-0.4, -0.2) is 48.3 Å². The van der Waals surface area contributed by atoms with Crippen molar-refractivity contribution in [3.8, 4) is 11.1 Å². The van der Waals surface area contributed by atoms with Crippen LogP contribution in [0.5, 0.6) is 0 Å². The lowest BCUT2D eigenvalue weighted by molar-refractivity contribution is -0.923. The van der Waals surface area contributed by atoms with E-state index in [1.54, 1.807) is 0 Å². The van der Waals surface area contributed by atoms with Crippen molar-refractivity contribution in [2.24, 2.45) is 0 Å². The first-order chi connectivity index (χ1) is 12.5. The minimum absolute atomic E-state index is 0. The summed E-state index contributed by atoms with van der Waals surface area (Å²) in [5, 5.41) is 19.2. The standard InChI is InChI=1S/C14H12O2.C8H20NO.HI/c15-14(16)10-11-6-8-13(9-7-11)12-4-2-1-3-5-12;1-4-9(5-2,6-3)7-8-10;/h1-9H,10H2,(H,15,16);10H,4-8H2,1-3H3;1H/q;+1;/p-1. The highest BCUT2D eigenvalue weighted by Gasteiger charge is 2.18. The summed E-state index contributed by atoms with van der Waals surface area (Å²) in [6, 6.07) is 17.4. The first-order valence-electron chi connectivity index (χ1n) is 9.30. The molecule has 0 saturated heterocycles. The Bertz CT molecular complexity index is 632. The molecule has 0 aliphatic rings. The van der Waals surface area contributed by atoms with Crippen LogP contribution in [0.1, 0.15) is 26.3 Å². The molecule has 0 unspecified atom stereocenters. The molecule has 0 atom stereocenters. The molecule has 0 fully saturated rings. The number of carboxylic acid groups (broad SMARTS) is 1. The zero-order valence-corrected chi connectivity index (χ0v) is 18.9. The Morgan fingerprint density at radius 1 is 0.889 bits per heavy atom. The largest absolute Gasteiger partial charge is 0.550 e. The van der Waals surface area contributed by atoms with Crippen LogP contribution in [0.15, 0.2) is 54.6 Å². The fraction of sp³-hybridized carbons (Fsp3) is 0.409. The average Bonchev–Trinajstić information content (AvgIpc) is 2.68. The summed E-state index contributed by atoms with van der Waals surface area (Å²) < 4.78 is 1.05. The molecule has 2 aromatic carbocycles. The molecule has 0 heterocycles. The van der Waals surface area contributed by atoms with Crippen molar-refractivity contribution in [1.29, 1.82) is 0 Å². The van der Waals surface area contributed by atoms with E-state index in [1.165, 1.54) is 0 Å². The van der Waals surface area contributed by atoms with Gasteiger partial charge in [-0.15, -0.1) is 24.0 Å². The molecule has 4 nitrogen and oxygen atoms in total. The van der Waals surface area contributed by atoms with Crippen molar-refractivity contribution < 1.29 is 19.5 Å². The van der Waals surface area contributed by atoms with E-state index in [9.17, 15) is 9.90 Å². The Kier molecular flexibility index (Phi) is 13.0. The van der Waals surface area contributed by atoms with E-state index < -0.39 is 5.97 Å². The highest BCUT2D eigenvalue weighted by atomic mass is 127. The van der Waals surface area contributed by atoms with Gasteiger partial charge in [0.15, 0.2) is 0 Å². The zero-order chi connectivity index (χ0) is 19.4. The number of nitrogens with zero attached hydrogens (tertiary/aromatic N) is 1. The fourth-order valence-corrected chi connectivity index (χ4v) is 2.97. The topological polar surface area (TPSA) is 60.4 Å². The molecule has 0 aliphatic heterocycles. The lowest BCUT2D eigenvalue weighted by Gasteiger charge is -2.34. The fourth-order valence-electron chi connectivity index (χ4n) is 2.97. The molecule has 0 aliphatic carbocycles. The number of aliphatic carboxylic acids is 1. The van der Waals surface area contributed by atoms with Gasteiger partial charge in [0.1, 0.15) is 6.54 Å². The summed E-state index contributed by atoms with van der Waals surface area (Å²) in [5.74, 6) is -1.05. The Morgan fingerprint density at radius 3 is 1.74 bits per heavy atom. The molecule has 150 valence electrons. The van der Waals surface area contributed by atoms with Gasteiger partial charge in [-0.05, 0) is 37.5 Å². The molecule has 0 aromatic heterocycles. The van der Waals surface area contributed by atoms with Gasteiger partial charge in [-0.2, -0.15) is 0 Å². The van der Waals surface area contributed by atoms with E-state index in [0.717, 1.165) is 47.4 Å². The summed E-state index contributed by atoms with van der Waals surface area (Å²) in [6.07, 6.45) is -0.0327. The van der Waals surface area contributed by atoms with E-state index in [2.05, 4.69) is 20.8 Å². The maximum Gasteiger partial charge on any atom is 0.102 e. The van der Waals surface area contributed by atoms with Gasteiger partial charge >= 0.3 is 0 Å². The number of carboxylic acids is 1. The van der Waals surface area contributed by atoms with Gasteiger partial charge in [0.05, 0.1) is 26.2 Å². The number of aliphatic hydroxyl groups is 1. The van der Waals surface area contributed by atoms with Crippen LogP contribution in [0.25, 0.3) is 11.1 Å². The molecule has 5 heteroatoms. The lowest BCUT2D eigenvalue weighted by atomic mass is 10.0. The maximum absolute atomic E-state index is 10.4. The number of rotatable bonds is 8. The summed E-state index contributed by atoms with van der Waals surface area (Å²) >= 11 is 0. The van der Waals surface area contributed by atoms with Gasteiger partial charge in [-0.1, -0.05) is 54.6 Å². The second-order valence-electron chi connectivity index (χ2n) is 6.35. The summed E-state index contributed by atoms with van der Waals surface area (Å²) in [4.78, 5) is 10.4. The van der Waals surface area contributed by atoms with Crippen LogP contribution in [-0.2, 0) is 11.2 Å². The van der Waals surface area contributed by atoms with Crippen LogP contribution in [0.3, 0.4) is 0 Å². The number of benzene rings is 2. The van der Waals surface area contributed by atoms with Crippen molar-refractivity contribution in [2.45, 2.75) is 27.2 Å². The Hall–Kier alpha value is -1.44. The number of likely N-dealkylation sites (N-methyl/N-ethyl adjacent to an activating group) is 1. The lowest BCUT2D eigenvalue weighted by Crippen LogP contribution is -2.49. The third-order valence-corrected chi connectivity index (χ3v) is 5.00. The molecular formula is C22H32INO3. The van der Waals surface area contributed by atoms with Gasteiger partial charge in [0.25, 0.3) is 0 Å². The molecule has 27 heavy (non-hydrogen) atoms. The Labute approximate surface area is 180 Å². The van der Waals surface area contributed by atoms with E-state index in [0.29, 0.717) is 6.61 Å². The highest BCUT2D eigenvalue weighted by Crippen LogP contribution is 2.19. The third kappa shape index (κ3) is 8.86. The minimum atomic E-state index is -1.05. The second-order valence-corrected chi connectivity index (χ2v) is 6.35. The van der Waals surface area contributed by atoms with Crippen LogP contribution in [0.4, 0.5) is 0 Å².